The zero-order valence-electron chi connectivity index (χ0n) is 29.8. The molecule has 0 aliphatic heterocycles. The highest BCUT2D eigenvalue weighted by molar-refractivity contribution is 6.20. The van der Waals surface area contributed by atoms with Crippen LogP contribution in [0.3, 0.4) is 0 Å². The van der Waals surface area contributed by atoms with Crippen LogP contribution in [0.25, 0.3) is 110 Å². The van der Waals surface area contributed by atoms with Gasteiger partial charge < -0.3 is 4.42 Å². The Morgan fingerprint density at radius 2 is 0.964 bits per heavy atom. The number of para-hydroxylation sites is 2. The lowest BCUT2D eigenvalue weighted by Gasteiger charge is -2.15. The van der Waals surface area contributed by atoms with Crippen LogP contribution in [0.5, 0.6) is 0 Å². The van der Waals surface area contributed by atoms with Crippen molar-refractivity contribution in [3.8, 4) is 56.2 Å². The van der Waals surface area contributed by atoms with Gasteiger partial charge in [-0.25, -0.2) is 9.97 Å². The van der Waals surface area contributed by atoms with Gasteiger partial charge in [-0.05, 0) is 67.2 Å². The molecule has 256 valence electrons. The Kier molecular flexibility index (Phi) is 7.17. The van der Waals surface area contributed by atoms with Gasteiger partial charge in [-0.2, -0.15) is 0 Å². The predicted octanol–water partition coefficient (Wildman–Crippen LogP) is 14.2. The monoisotopic (exact) mass is 700 g/mol. The Balaban J connectivity index is 1.08. The van der Waals surface area contributed by atoms with E-state index in [4.69, 9.17) is 14.4 Å². The van der Waals surface area contributed by atoms with Crippen LogP contribution in [0.2, 0.25) is 0 Å². The highest BCUT2D eigenvalue weighted by Crippen LogP contribution is 2.42. The first-order valence-electron chi connectivity index (χ1n) is 18.7. The molecule has 0 saturated heterocycles. The fourth-order valence-electron chi connectivity index (χ4n) is 8.29. The molecule has 11 rings (SSSR count). The quantitative estimate of drug-likeness (QED) is 0.133. The minimum absolute atomic E-state index is 0.674. The van der Waals surface area contributed by atoms with E-state index in [1.54, 1.807) is 0 Å². The standard InChI is InChI=1S/C52H32N2O/c1-2-14-34(15-3-1)47-32-48(41-20-9-8-19-40(41)44-22-12-23-45-42-21-10-11-24-49(42)55-51(44)45)54-52(53-47)36-27-25-35(26-28-36)50-39-18-7-5-16-37(39)31-46-38-17-6-4-13-33(38)29-30-43(46)50/h1-32H. The summed E-state index contributed by atoms with van der Waals surface area (Å²) in [5.41, 5.74) is 11.0. The maximum Gasteiger partial charge on any atom is 0.160 e. The third kappa shape index (κ3) is 5.20. The van der Waals surface area contributed by atoms with Crippen LogP contribution in [-0.4, -0.2) is 9.97 Å². The van der Waals surface area contributed by atoms with E-state index in [0.29, 0.717) is 5.82 Å². The van der Waals surface area contributed by atoms with Gasteiger partial charge in [-0.3, -0.25) is 0 Å². The van der Waals surface area contributed by atoms with Crippen molar-refractivity contribution in [2.45, 2.75) is 0 Å². The van der Waals surface area contributed by atoms with Crippen LogP contribution in [0.1, 0.15) is 0 Å². The molecular weight excluding hydrogens is 669 g/mol. The zero-order chi connectivity index (χ0) is 36.3. The molecule has 3 nitrogen and oxygen atoms in total. The molecule has 55 heavy (non-hydrogen) atoms. The van der Waals surface area contributed by atoms with Crippen molar-refractivity contribution in [3.05, 3.63) is 194 Å². The lowest BCUT2D eigenvalue weighted by Crippen LogP contribution is -1.97. The molecule has 3 heteroatoms. The first kappa shape index (κ1) is 31.2. The van der Waals surface area contributed by atoms with Crippen molar-refractivity contribution < 1.29 is 4.42 Å². The molecule has 0 saturated carbocycles. The Morgan fingerprint density at radius 1 is 0.327 bits per heavy atom. The normalized spacial score (nSPS) is 11.6. The molecule has 0 aliphatic rings. The van der Waals surface area contributed by atoms with Gasteiger partial charge in [0.15, 0.2) is 5.82 Å². The second-order valence-corrected chi connectivity index (χ2v) is 14.1. The number of rotatable bonds is 5. The fourth-order valence-corrected chi connectivity index (χ4v) is 8.29. The molecule has 0 fully saturated rings. The first-order chi connectivity index (χ1) is 27.3. The second-order valence-electron chi connectivity index (χ2n) is 14.1. The Morgan fingerprint density at radius 3 is 1.82 bits per heavy atom. The predicted molar refractivity (Wildman–Crippen MR) is 229 cm³/mol. The summed E-state index contributed by atoms with van der Waals surface area (Å²) in [6, 6.07) is 68.5. The van der Waals surface area contributed by atoms with Crippen LogP contribution in [0, 0.1) is 0 Å². The van der Waals surface area contributed by atoms with E-state index in [2.05, 4.69) is 176 Å². The summed E-state index contributed by atoms with van der Waals surface area (Å²) in [6.45, 7) is 0. The van der Waals surface area contributed by atoms with Gasteiger partial charge in [0.25, 0.3) is 0 Å². The lowest BCUT2D eigenvalue weighted by molar-refractivity contribution is 0.670. The van der Waals surface area contributed by atoms with Crippen molar-refractivity contribution in [2.24, 2.45) is 0 Å². The average molecular weight is 701 g/mol. The molecule has 0 spiro atoms. The van der Waals surface area contributed by atoms with Gasteiger partial charge in [0.1, 0.15) is 11.2 Å². The van der Waals surface area contributed by atoms with Gasteiger partial charge >= 0.3 is 0 Å². The molecule has 11 aromatic rings. The summed E-state index contributed by atoms with van der Waals surface area (Å²) in [7, 11) is 0. The van der Waals surface area contributed by atoms with Crippen LogP contribution >= 0.6 is 0 Å². The highest BCUT2D eigenvalue weighted by atomic mass is 16.3. The SMILES string of the molecule is c1ccc(-c2cc(-c3ccccc3-c3cccc4c3oc3ccccc34)nc(-c3ccc(-c4c5ccccc5cc5c4ccc4ccccc45)cc3)n2)cc1. The van der Waals surface area contributed by atoms with E-state index in [1.807, 2.05) is 18.2 Å². The van der Waals surface area contributed by atoms with Gasteiger partial charge in [0, 0.05) is 33.0 Å². The van der Waals surface area contributed by atoms with E-state index < -0.39 is 0 Å². The van der Waals surface area contributed by atoms with Crippen LogP contribution in [0.4, 0.5) is 0 Å². The Labute approximate surface area is 317 Å². The van der Waals surface area contributed by atoms with E-state index in [-0.39, 0.29) is 0 Å². The smallest absolute Gasteiger partial charge is 0.160 e. The van der Waals surface area contributed by atoms with Gasteiger partial charge in [-0.15, -0.1) is 0 Å². The summed E-state index contributed by atoms with van der Waals surface area (Å²) in [5.74, 6) is 0.674. The summed E-state index contributed by atoms with van der Waals surface area (Å²) in [5, 5.41) is 9.68. The third-order valence-corrected chi connectivity index (χ3v) is 10.9. The van der Waals surface area contributed by atoms with E-state index in [1.165, 1.54) is 37.9 Å². The molecule has 9 aromatic carbocycles. The summed E-state index contributed by atoms with van der Waals surface area (Å²) < 4.78 is 6.50. The van der Waals surface area contributed by atoms with E-state index in [0.717, 1.165) is 66.7 Å². The minimum Gasteiger partial charge on any atom is -0.455 e. The number of furan rings is 1. The summed E-state index contributed by atoms with van der Waals surface area (Å²) >= 11 is 0. The number of hydrogen-bond acceptors (Lipinski definition) is 3. The molecule has 0 amide bonds. The van der Waals surface area contributed by atoms with E-state index in [9.17, 15) is 0 Å². The van der Waals surface area contributed by atoms with Crippen LogP contribution in [-0.2, 0) is 0 Å². The number of hydrogen-bond donors (Lipinski definition) is 0. The molecule has 2 heterocycles. The third-order valence-electron chi connectivity index (χ3n) is 10.9. The molecule has 0 unspecified atom stereocenters. The Bertz CT molecular complexity index is 3250. The number of benzene rings is 9. The van der Waals surface area contributed by atoms with Gasteiger partial charge in [-0.1, -0.05) is 176 Å². The molecular formula is C52H32N2O. The number of fused-ring (bicyclic) bond motifs is 7. The van der Waals surface area contributed by atoms with Crippen molar-refractivity contribution in [1.29, 1.82) is 0 Å². The topological polar surface area (TPSA) is 38.9 Å². The van der Waals surface area contributed by atoms with Crippen LogP contribution < -0.4 is 0 Å². The maximum atomic E-state index is 6.50. The highest BCUT2D eigenvalue weighted by Gasteiger charge is 2.19. The molecule has 0 bridgehead atoms. The largest absolute Gasteiger partial charge is 0.455 e. The van der Waals surface area contributed by atoms with Crippen molar-refractivity contribution in [3.63, 3.8) is 0 Å². The van der Waals surface area contributed by atoms with Crippen molar-refractivity contribution in [2.75, 3.05) is 0 Å². The van der Waals surface area contributed by atoms with E-state index >= 15 is 0 Å². The van der Waals surface area contributed by atoms with Crippen LogP contribution in [0.15, 0.2) is 199 Å². The average Bonchev–Trinajstić information content (AvgIpc) is 3.65. The second kappa shape index (κ2) is 12.6. The van der Waals surface area contributed by atoms with Gasteiger partial charge in [0.2, 0.25) is 0 Å². The summed E-state index contributed by atoms with van der Waals surface area (Å²) in [6.07, 6.45) is 0. The molecule has 0 N–H and O–H groups in total. The van der Waals surface area contributed by atoms with Crippen molar-refractivity contribution >= 4 is 54.3 Å². The molecule has 0 radical (unpaired) electrons. The summed E-state index contributed by atoms with van der Waals surface area (Å²) in [4.78, 5) is 10.5. The first-order valence-corrected chi connectivity index (χ1v) is 18.7. The number of nitrogens with zero attached hydrogens (tertiary/aromatic N) is 2. The minimum atomic E-state index is 0.674. The number of aromatic nitrogens is 2. The fraction of sp³-hybridized carbons (Fsp3) is 0. The lowest BCUT2D eigenvalue weighted by atomic mass is 9.89. The molecule has 0 atom stereocenters. The van der Waals surface area contributed by atoms with Crippen molar-refractivity contribution in [1.82, 2.24) is 9.97 Å². The maximum absolute atomic E-state index is 6.50. The van der Waals surface area contributed by atoms with Gasteiger partial charge in [0.05, 0.1) is 11.4 Å². The molecule has 0 aliphatic carbocycles. The zero-order valence-corrected chi connectivity index (χ0v) is 29.8. The molecule has 2 aromatic heterocycles. The Hall–Kier alpha value is -7.36.